The largest absolute Gasteiger partial charge is 0.481 e. The topological polar surface area (TPSA) is 71.5 Å². The van der Waals surface area contributed by atoms with Crippen molar-refractivity contribution in [2.24, 2.45) is 0 Å². The molecule has 0 aliphatic heterocycles. The Hall–Kier alpha value is -2.61. The lowest BCUT2D eigenvalue weighted by atomic mass is 9.90. The van der Waals surface area contributed by atoms with E-state index in [0.717, 1.165) is 6.07 Å². The van der Waals surface area contributed by atoms with Gasteiger partial charge in [-0.15, -0.1) is 0 Å². The van der Waals surface area contributed by atoms with Crippen molar-refractivity contribution < 1.29 is 27.8 Å². The Morgan fingerprint density at radius 2 is 1.88 bits per heavy atom. The van der Waals surface area contributed by atoms with E-state index in [0.29, 0.717) is 11.8 Å². The maximum Gasteiger partial charge on any atom is 0.417 e. The second kappa shape index (κ2) is 7.74. The molecule has 0 aliphatic rings. The number of hydrogen-bond acceptors (Lipinski definition) is 4. The summed E-state index contributed by atoms with van der Waals surface area (Å²) in [6.45, 7) is 1.37. The first-order valence-electron chi connectivity index (χ1n) is 7.88. The molecular weight excluding hydrogens is 349 g/mol. The van der Waals surface area contributed by atoms with E-state index in [1.165, 1.54) is 7.11 Å². The van der Waals surface area contributed by atoms with Gasteiger partial charge in [-0.05, 0) is 18.1 Å². The smallest absolute Gasteiger partial charge is 0.417 e. The monoisotopic (exact) mass is 368 g/mol. The third kappa shape index (κ3) is 4.13. The lowest BCUT2D eigenvalue weighted by Gasteiger charge is -2.26. The van der Waals surface area contributed by atoms with E-state index >= 15 is 0 Å². The SMILES string of the molecule is CC[C@](O)(C(=O)NCc1cc(C(F)(F)F)cnc1OC)c1ccccc1. The lowest BCUT2D eigenvalue weighted by Crippen LogP contribution is -2.43. The van der Waals surface area contributed by atoms with Gasteiger partial charge < -0.3 is 15.2 Å². The van der Waals surface area contributed by atoms with E-state index in [4.69, 9.17) is 4.74 Å². The Morgan fingerprint density at radius 1 is 1.23 bits per heavy atom. The Kier molecular flexibility index (Phi) is 5.86. The fourth-order valence-electron chi connectivity index (χ4n) is 2.49. The van der Waals surface area contributed by atoms with Crippen LogP contribution in [0, 0.1) is 0 Å². The van der Waals surface area contributed by atoms with Gasteiger partial charge in [-0.1, -0.05) is 37.3 Å². The molecule has 5 nitrogen and oxygen atoms in total. The molecular formula is C18H19F3N2O3. The molecule has 0 saturated carbocycles. The van der Waals surface area contributed by atoms with E-state index in [2.05, 4.69) is 10.3 Å². The number of halogens is 3. The number of methoxy groups -OCH3 is 1. The molecule has 2 N–H and O–H groups in total. The molecule has 0 saturated heterocycles. The van der Waals surface area contributed by atoms with Crippen molar-refractivity contribution in [1.29, 1.82) is 0 Å². The van der Waals surface area contributed by atoms with Crippen LogP contribution in [0.25, 0.3) is 0 Å². The number of ether oxygens (including phenoxy) is 1. The van der Waals surface area contributed by atoms with Crippen LogP contribution < -0.4 is 10.1 Å². The molecule has 1 atom stereocenters. The molecule has 0 fully saturated rings. The first kappa shape index (κ1) is 19.7. The van der Waals surface area contributed by atoms with Crippen LogP contribution in [-0.2, 0) is 23.1 Å². The van der Waals surface area contributed by atoms with E-state index in [-0.39, 0.29) is 24.4 Å². The third-order valence-electron chi connectivity index (χ3n) is 4.02. The molecule has 0 bridgehead atoms. The average molecular weight is 368 g/mol. The molecule has 1 amide bonds. The maximum atomic E-state index is 12.9. The number of aromatic nitrogens is 1. The lowest BCUT2D eigenvalue weighted by molar-refractivity contribution is -0.141. The minimum atomic E-state index is -4.56. The highest BCUT2D eigenvalue weighted by Crippen LogP contribution is 2.31. The van der Waals surface area contributed by atoms with Gasteiger partial charge in [0.15, 0.2) is 5.60 Å². The van der Waals surface area contributed by atoms with Crippen LogP contribution in [0.15, 0.2) is 42.6 Å². The van der Waals surface area contributed by atoms with Crippen LogP contribution in [0.1, 0.15) is 30.0 Å². The number of nitrogens with one attached hydrogen (secondary N) is 1. The number of carbonyl (C=O) groups is 1. The summed E-state index contributed by atoms with van der Waals surface area (Å²) in [5, 5.41) is 13.2. The maximum absolute atomic E-state index is 12.9. The summed E-state index contributed by atoms with van der Waals surface area (Å²) in [5.41, 5.74) is -2.28. The summed E-state index contributed by atoms with van der Waals surface area (Å²) in [5.74, 6) is -0.747. The summed E-state index contributed by atoms with van der Waals surface area (Å²) in [6.07, 6.45) is -3.80. The number of pyridine rings is 1. The van der Waals surface area contributed by atoms with Crippen molar-refractivity contribution in [2.75, 3.05) is 7.11 Å². The first-order chi connectivity index (χ1) is 12.2. The van der Waals surface area contributed by atoms with Gasteiger partial charge in [0.2, 0.25) is 5.88 Å². The van der Waals surface area contributed by atoms with Crippen molar-refractivity contribution in [3.05, 3.63) is 59.3 Å². The summed E-state index contributed by atoms with van der Waals surface area (Å²) >= 11 is 0. The fourth-order valence-corrected chi connectivity index (χ4v) is 2.49. The Balaban J connectivity index is 2.23. The second-order valence-electron chi connectivity index (χ2n) is 5.65. The van der Waals surface area contributed by atoms with Gasteiger partial charge in [-0.3, -0.25) is 4.79 Å². The van der Waals surface area contributed by atoms with Crippen LogP contribution >= 0.6 is 0 Å². The van der Waals surface area contributed by atoms with E-state index in [1.807, 2.05) is 0 Å². The minimum absolute atomic E-state index is 0.0296. The molecule has 1 aromatic heterocycles. The molecule has 140 valence electrons. The summed E-state index contributed by atoms with van der Waals surface area (Å²) in [7, 11) is 1.27. The van der Waals surface area contributed by atoms with Gasteiger partial charge in [0.05, 0.1) is 12.7 Å². The zero-order valence-electron chi connectivity index (χ0n) is 14.3. The Bertz CT molecular complexity index is 766. The van der Waals surface area contributed by atoms with Gasteiger partial charge in [0.25, 0.3) is 5.91 Å². The van der Waals surface area contributed by atoms with Gasteiger partial charge in [-0.2, -0.15) is 13.2 Å². The number of alkyl halides is 3. The number of carbonyl (C=O) groups excluding carboxylic acids is 1. The van der Waals surface area contributed by atoms with Crippen molar-refractivity contribution in [3.63, 3.8) is 0 Å². The quantitative estimate of drug-likeness (QED) is 0.822. The number of nitrogens with zero attached hydrogens (tertiary/aromatic N) is 1. The van der Waals surface area contributed by atoms with Crippen LogP contribution in [0.4, 0.5) is 13.2 Å². The van der Waals surface area contributed by atoms with Crippen molar-refractivity contribution in [1.82, 2.24) is 10.3 Å². The molecule has 0 radical (unpaired) electrons. The molecule has 2 rings (SSSR count). The number of amides is 1. The van der Waals surface area contributed by atoms with E-state index in [9.17, 15) is 23.1 Å². The standard InChI is InChI=1S/C18H19F3N2O3/c1-3-17(25,13-7-5-4-6-8-13)16(24)23-10-12-9-14(18(19,20)21)11-22-15(12)26-2/h4-9,11,25H,3,10H2,1-2H3,(H,23,24)/t17-/m1/s1. The van der Waals surface area contributed by atoms with E-state index in [1.54, 1.807) is 37.3 Å². The van der Waals surface area contributed by atoms with Crippen molar-refractivity contribution in [2.45, 2.75) is 31.7 Å². The zero-order chi connectivity index (χ0) is 19.4. The average Bonchev–Trinajstić information content (AvgIpc) is 2.65. The Labute approximate surface area is 148 Å². The van der Waals surface area contributed by atoms with Crippen LogP contribution in [0.2, 0.25) is 0 Å². The van der Waals surface area contributed by atoms with Crippen molar-refractivity contribution >= 4 is 5.91 Å². The number of rotatable bonds is 6. The van der Waals surface area contributed by atoms with E-state index < -0.39 is 23.2 Å². The Morgan fingerprint density at radius 3 is 2.42 bits per heavy atom. The number of hydrogen-bond donors (Lipinski definition) is 2. The predicted molar refractivity (Wildman–Crippen MR) is 88.3 cm³/mol. The molecule has 8 heteroatoms. The van der Waals surface area contributed by atoms with Gasteiger partial charge in [-0.25, -0.2) is 4.98 Å². The summed E-state index contributed by atoms with van der Waals surface area (Å²) < 4.78 is 43.5. The molecule has 0 aliphatic carbocycles. The molecule has 2 aromatic rings. The fraction of sp³-hybridized carbons (Fsp3) is 0.333. The number of aliphatic hydroxyl groups is 1. The molecule has 1 aromatic carbocycles. The molecule has 0 spiro atoms. The zero-order valence-corrected chi connectivity index (χ0v) is 14.3. The molecule has 0 unspecified atom stereocenters. The van der Waals surface area contributed by atoms with Crippen LogP contribution in [-0.4, -0.2) is 23.1 Å². The normalized spacial score (nSPS) is 13.8. The van der Waals surface area contributed by atoms with Crippen LogP contribution in [0.3, 0.4) is 0 Å². The molecule has 26 heavy (non-hydrogen) atoms. The summed E-state index contributed by atoms with van der Waals surface area (Å²) in [6, 6.07) is 9.19. The van der Waals surface area contributed by atoms with Gasteiger partial charge >= 0.3 is 6.18 Å². The minimum Gasteiger partial charge on any atom is -0.481 e. The van der Waals surface area contributed by atoms with Gasteiger partial charge in [0.1, 0.15) is 0 Å². The highest BCUT2D eigenvalue weighted by atomic mass is 19.4. The third-order valence-corrected chi connectivity index (χ3v) is 4.02. The van der Waals surface area contributed by atoms with Crippen molar-refractivity contribution in [3.8, 4) is 5.88 Å². The highest BCUT2D eigenvalue weighted by molar-refractivity contribution is 5.86. The predicted octanol–water partition coefficient (Wildman–Crippen LogP) is 3.02. The van der Waals surface area contributed by atoms with Gasteiger partial charge in [0, 0.05) is 18.3 Å². The molecule has 1 heterocycles. The van der Waals surface area contributed by atoms with Crippen LogP contribution in [0.5, 0.6) is 5.88 Å². The highest BCUT2D eigenvalue weighted by Gasteiger charge is 2.36. The number of benzene rings is 1. The second-order valence-corrected chi connectivity index (χ2v) is 5.65. The first-order valence-corrected chi connectivity index (χ1v) is 7.88. The summed E-state index contributed by atoms with van der Waals surface area (Å²) in [4.78, 5) is 16.1.